The Kier molecular flexibility index (Phi) is 7.99. The Bertz CT molecular complexity index is 2160. The molecule has 2 saturated heterocycles. The third kappa shape index (κ3) is 5.80. The molecule has 48 heavy (non-hydrogen) atoms. The Labute approximate surface area is 275 Å². The predicted molar refractivity (Wildman–Crippen MR) is 172 cm³/mol. The minimum absolute atomic E-state index is 0.0377. The average Bonchev–Trinajstić information content (AvgIpc) is 3.74. The maximum Gasteiger partial charge on any atom is 0.417 e. The fourth-order valence-corrected chi connectivity index (χ4v) is 7.09. The molecule has 0 unspecified atom stereocenters. The van der Waals surface area contributed by atoms with Gasteiger partial charge in [-0.15, -0.1) is 0 Å². The second-order valence-corrected chi connectivity index (χ2v) is 12.5. The van der Waals surface area contributed by atoms with Gasteiger partial charge in [-0.05, 0) is 47.0 Å². The molecule has 0 bridgehead atoms. The zero-order chi connectivity index (χ0) is 33.5. The van der Waals surface area contributed by atoms with Gasteiger partial charge in [0, 0.05) is 19.5 Å². The minimum Gasteiger partial charge on any atom is -0.408 e. The number of halogens is 1. The molecule has 16 heteroatoms. The van der Waals surface area contributed by atoms with Crippen molar-refractivity contribution in [3.05, 3.63) is 93.7 Å². The van der Waals surface area contributed by atoms with E-state index in [-0.39, 0.29) is 45.1 Å². The molecular weight excluding hydrogens is 641 g/mol. The largest absolute Gasteiger partial charge is 0.417 e. The number of nitriles is 1. The first-order valence-corrected chi connectivity index (χ1v) is 15.8. The van der Waals surface area contributed by atoms with Gasteiger partial charge < -0.3 is 25.3 Å². The van der Waals surface area contributed by atoms with Gasteiger partial charge in [0.2, 0.25) is 11.8 Å². The first kappa shape index (κ1) is 30.8. The number of nitrogens with zero attached hydrogens (tertiary/aromatic N) is 6. The van der Waals surface area contributed by atoms with Crippen molar-refractivity contribution in [2.45, 2.75) is 31.7 Å². The van der Waals surface area contributed by atoms with Gasteiger partial charge in [-0.2, -0.15) is 10.3 Å². The van der Waals surface area contributed by atoms with Crippen LogP contribution in [0.5, 0.6) is 0 Å². The van der Waals surface area contributed by atoms with Gasteiger partial charge >= 0.3 is 11.8 Å². The van der Waals surface area contributed by atoms with Gasteiger partial charge in [0.25, 0.3) is 0 Å². The van der Waals surface area contributed by atoms with Crippen LogP contribution in [0, 0.1) is 17.1 Å². The number of hydrazine groups is 1. The minimum atomic E-state index is -0.977. The molecule has 14 nitrogen and oxygen atoms in total. The number of benzene rings is 3. The summed E-state index contributed by atoms with van der Waals surface area (Å²) in [6, 6.07) is 16.7. The Morgan fingerprint density at radius 1 is 1.17 bits per heavy atom. The quantitative estimate of drug-likeness (QED) is 0.209. The number of anilines is 1. The van der Waals surface area contributed by atoms with Gasteiger partial charge in [-0.3, -0.25) is 14.6 Å². The number of aromatic amines is 1. The molecule has 2 fully saturated rings. The van der Waals surface area contributed by atoms with E-state index >= 15 is 0 Å². The molecular formula is C32H28FN9O5S. The number of carbonyl (C=O) groups is 3. The van der Waals surface area contributed by atoms with E-state index in [4.69, 9.17) is 10.2 Å². The lowest BCUT2D eigenvalue weighted by Crippen LogP contribution is -2.66. The van der Waals surface area contributed by atoms with E-state index in [0.717, 1.165) is 10.3 Å². The standard InChI is InChI=1S/C32H28FN9O5S/c33-21-7-4-18(5-8-21)14-36-31(45)40(11-10-34)41-17-27(43)42-23(12-19-6-9-22-24(13-19)47-32(46)37-22)29(44)39(16-26(41)42)15-20-2-1-3-25-28(20)38-30(35)48-25/h1-9,13,23,26H,11-12,14-17H2,(H2,35,38)(H,36,45)(H,37,46)/t23-,26+/m0/s1. The first-order valence-electron chi connectivity index (χ1n) is 15.0. The Morgan fingerprint density at radius 3 is 2.75 bits per heavy atom. The lowest BCUT2D eigenvalue weighted by Gasteiger charge is -2.46. The molecule has 4 heterocycles. The molecule has 4 N–H and O–H groups in total. The van der Waals surface area contributed by atoms with Crippen molar-refractivity contribution in [1.29, 1.82) is 5.26 Å². The van der Waals surface area contributed by atoms with E-state index in [1.54, 1.807) is 23.1 Å². The highest BCUT2D eigenvalue weighted by atomic mass is 32.1. The van der Waals surface area contributed by atoms with E-state index in [1.165, 1.54) is 50.5 Å². The Balaban J connectivity index is 1.21. The van der Waals surface area contributed by atoms with Crippen LogP contribution in [0.3, 0.4) is 0 Å². The van der Waals surface area contributed by atoms with Gasteiger partial charge in [0.15, 0.2) is 10.7 Å². The third-order valence-corrected chi connectivity index (χ3v) is 9.33. The summed E-state index contributed by atoms with van der Waals surface area (Å²) in [7, 11) is 0. The summed E-state index contributed by atoms with van der Waals surface area (Å²) in [6.45, 7) is -0.369. The number of hydrogen-bond acceptors (Lipinski definition) is 10. The van der Waals surface area contributed by atoms with Crippen molar-refractivity contribution in [3.8, 4) is 6.07 Å². The summed E-state index contributed by atoms with van der Waals surface area (Å²) in [6.07, 6.45) is -0.696. The molecule has 0 radical (unpaired) electrons. The van der Waals surface area contributed by atoms with Gasteiger partial charge in [0.05, 0.1) is 34.9 Å². The molecule has 7 rings (SSSR count). The monoisotopic (exact) mass is 669 g/mol. The van der Waals surface area contributed by atoms with Crippen LogP contribution in [-0.2, 0) is 29.1 Å². The third-order valence-electron chi connectivity index (χ3n) is 8.48. The number of carbonyl (C=O) groups excluding carboxylic acids is 3. The van der Waals surface area contributed by atoms with E-state index < -0.39 is 35.7 Å². The van der Waals surface area contributed by atoms with Crippen molar-refractivity contribution >= 4 is 55.6 Å². The van der Waals surface area contributed by atoms with E-state index in [0.29, 0.717) is 32.9 Å². The number of thiazole rings is 1. The van der Waals surface area contributed by atoms with Crippen LogP contribution in [0.4, 0.5) is 14.3 Å². The highest BCUT2D eigenvalue weighted by molar-refractivity contribution is 7.22. The zero-order valence-corrected chi connectivity index (χ0v) is 26.1. The average molecular weight is 670 g/mol. The topological polar surface area (TPSA) is 185 Å². The lowest BCUT2D eigenvalue weighted by atomic mass is 9.99. The fraction of sp³-hybridized carbons (Fsp3) is 0.250. The number of H-pyrrole nitrogens is 1. The molecule has 4 amide bonds. The maximum absolute atomic E-state index is 14.3. The molecule has 0 spiro atoms. The van der Waals surface area contributed by atoms with Crippen molar-refractivity contribution in [3.63, 3.8) is 0 Å². The number of para-hydroxylation sites is 1. The number of piperazine rings is 1. The van der Waals surface area contributed by atoms with Crippen LogP contribution in [0.25, 0.3) is 21.3 Å². The van der Waals surface area contributed by atoms with Crippen LogP contribution in [-0.4, -0.2) is 79.5 Å². The summed E-state index contributed by atoms with van der Waals surface area (Å²) in [5, 5.41) is 15.5. The van der Waals surface area contributed by atoms with Crippen LogP contribution in [0.2, 0.25) is 0 Å². The molecule has 2 atom stereocenters. The first-order chi connectivity index (χ1) is 23.2. The number of amides is 4. The summed E-state index contributed by atoms with van der Waals surface area (Å²) < 4.78 is 19.5. The van der Waals surface area contributed by atoms with E-state index in [2.05, 4.69) is 15.3 Å². The second-order valence-electron chi connectivity index (χ2n) is 11.5. The molecule has 0 aliphatic carbocycles. The highest BCUT2D eigenvalue weighted by Gasteiger charge is 2.52. The molecule has 2 aliphatic rings. The van der Waals surface area contributed by atoms with Crippen LogP contribution in [0.1, 0.15) is 16.7 Å². The molecule has 2 aromatic heterocycles. The molecule has 244 valence electrons. The Hall–Kier alpha value is -5.79. The molecule has 2 aliphatic heterocycles. The second kappa shape index (κ2) is 12.4. The van der Waals surface area contributed by atoms with Crippen LogP contribution >= 0.6 is 11.3 Å². The number of fused-ring (bicyclic) bond motifs is 3. The number of nitrogens with two attached hydrogens (primary N) is 1. The van der Waals surface area contributed by atoms with Crippen molar-refractivity contribution in [2.75, 3.05) is 25.4 Å². The van der Waals surface area contributed by atoms with Crippen molar-refractivity contribution in [1.82, 2.24) is 35.1 Å². The molecule has 0 saturated carbocycles. The molecule has 5 aromatic rings. The van der Waals surface area contributed by atoms with Crippen molar-refractivity contribution in [2.24, 2.45) is 0 Å². The lowest BCUT2D eigenvalue weighted by molar-refractivity contribution is -0.157. The van der Waals surface area contributed by atoms with Crippen LogP contribution < -0.4 is 16.8 Å². The zero-order valence-electron chi connectivity index (χ0n) is 25.3. The number of hydrogen-bond donors (Lipinski definition) is 3. The van der Waals surface area contributed by atoms with Gasteiger partial charge in [-0.1, -0.05) is 41.7 Å². The number of rotatable bonds is 8. The summed E-state index contributed by atoms with van der Waals surface area (Å²) in [5.41, 5.74) is 9.53. The number of urea groups is 1. The summed E-state index contributed by atoms with van der Waals surface area (Å²) >= 11 is 1.33. The fourth-order valence-electron chi connectivity index (χ4n) is 6.30. The number of nitrogen functional groups attached to an aromatic ring is 1. The van der Waals surface area contributed by atoms with E-state index in [9.17, 15) is 28.8 Å². The number of nitrogens with one attached hydrogen (secondary N) is 2. The SMILES string of the molecule is N#CCN(C(=O)NCc1ccc(F)cc1)N1CC(=O)N2[C@@H](Cc3ccc4[nH]c(=O)oc4c3)C(=O)N(Cc3cccc4sc(N)nc34)C[C@@H]21. The highest BCUT2D eigenvalue weighted by Crippen LogP contribution is 2.32. The Morgan fingerprint density at radius 2 is 1.96 bits per heavy atom. The van der Waals surface area contributed by atoms with Gasteiger partial charge in [0.1, 0.15) is 24.6 Å². The maximum atomic E-state index is 14.3. The molecule has 3 aromatic carbocycles. The van der Waals surface area contributed by atoms with Gasteiger partial charge in [-0.25, -0.2) is 24.0 Å². The smallest absolute Gasteiger partial charge is 0.408 e. The normalized spacial score (nSPS) is 18.0. The van der Waals surface area contributed by atoms with Crippen molar-refractivity contribution < 1.29 is 23.2 Å². The number of aromatic nitrogens is 2. The predicted octanol–water partition coefficient (Wildman–Crippen LogP) is 2.53. The summed E-state index contributed by atoms with van der Waals surface area (Å²) in [5.74, 6) is -1.73. The van der Waals surface area contributed by atoms with E-state index in [1.807, 2.05) is 24.3 Å². The van der Waals surface area contributed by atoms with Crippen LogP contribution in [0.15, 0.2) is 69.9 Å². The number of oxazole rings is 1. The summed E-state index contributed by atoms with van der Waals surface area (Å²) in [4.78, 5) is 63.4.